The van der Waals surface area contributed by atoms with Gasteiger partial charge in [0.2, 0.25) is 5.91 Å². The van der Waals surface area contributed by atoms with Crippen molar-refractivity contribution in [2.45, 2.75) is 12.5 Å². The fourth-order valence-electron chi connectivity index (χ4n) is 1.58. The molecule has 0 radical (unpaired) electrons. The van der Waals surface area contributed by atoms with Crippen molar-refractivity contribution in [3.63, 3.8) is 0 Å². The van der Waals surface area contributed by atoms with Gasteiger partial charge in [0.25, 0.3) is 0 Å². The Kier molecular flexibility index (Phi) is 3.26. The molecule has 15 heavy (non-hydrogen) atoms. The van der Waals surface area contributed by atoms with Crippen LogP contribution in [0.2, 0.25) is 0 Å². The van der Waals surface area contributed by atoms with Crippen LogP contribution in [-0.4, -0.2) is 17.4 Å². The van der Waals surface area contributed by atoms with Gasteiger partial charge in [-0.15, -0.1) is 0 Å². The number of hydrogen-bond acceptors (Lipinski definition) is 2. The molecule has 0 aliphatic carbocycles. The van der Waals surface area contributed by atoms with Gasteiger partial charge >= 0.3 is 0 Å². The van der Waals surface area contributed by atoms with E-state index in [4.69, 9.17) is 0 Å². The Labute approximate surface area is 92.3 Å². The van der Waals surface area contributed by atoms with Gasteiger partial charge < -0.3 is 5.32 Å². The molecule has 1 aromatic rings. The molecule has 1 unspecified atom stereocenters. The van der Waals surface area contributed by atoms with Crippen LogP contribution in [0.4, 0.5) is 4.39 Å². The Balaban J connectivity index is 2.18. The molecule has 0 aromatic heterocycles. The molecule has 4 heteroatoms. The van der Waals surface area contributed by atoms with Gasteiger partial charge in [-0.05, 0) is 17.7 Å². The predicted molar refractivity (Wildman–Crippen MR) is 59.2 cm³/mol. The Hall–Kier alpha value is -1.03. The van der Waals surface area contributed by atoms with Crippen LogP contribution in [0.1, 0.15) is 18.0 Å². The summed E-state index contributed by atoms with van der Waals surface area (Å²) >= 11 is 1.72. The molecule has 2 rings (SSSR count). The number of hydrogen-bond donors (Lipinski definition) is 1. The highest BCUT2D eigenvalue weighted by atomic mass is 32.2. The van der Waals surface area contributed by atoms with Gasteiger partial charge in [0.05, 0.1) is 6.04 Å². The van der Waals surface area contributed by atoms with E-state index < -0.39 is 0 Å². The fraction of sp³-hybridized carbons (Fsp3) is 0.364. The normalized spacial score (nSPS) is 21.9. The molecule has 1 atom stereocenters. The Morgan fingerprint density at radius 3 is 3.13 bits per heavy atom. The second-order valence-corrected chi connectivity index (χ2v) is 4.65. The second kappa shape index (κ2) is 4.66. The van der Waals surface area contributed by atoms with E-state index >= 15 is 0 Å². The molecule has 0 saturated carbocycles. The minimum absolute atomic E-state index is 0.0502. The van der Waals surface area contributed by atoms with E-state index in [1.807, 2.05) is 6.07 Å². The van der Waals surface area contributed by atoms with Gasteiger partial charge in [0.15, 0.2) is 0 Å². The van der Waals surface area contributed by atoms with E-state index in [0.29, 0.717) is 6.42 Å². The number of carbonyl (C=O) groups excluding carboxylic acids is 1. The lowest BCUT2D eigenvalue weighted by atomic mass is 10.1. The molecule has 1 aromatic carbocycles. The summed E-state index contributed by atoms with van der Waals surface area (Å²) in [5, 5.41) is 2.90. The second-order valence-electron chi connectivity index (χ2n) is 3.50. The molecular formula is C11H12FNOS. The van der Waals surface area contributed by atoms with Gasteiger partial charge in [-0.1, -0.05) is 12.1 Å². The van der Waals surface area contributed by atoms with Crippen molar-refractivity contribution in [1.29, 1.82) is 0 Å². The van der Waals surface area contributed by atoms with Gasteiger partial charge in [-0.25, -0.2) is 4.39 Å². The number of benzene rings is 1. The molecule has 0 bridgehead atoms. The summed E-state index contributed by atoms with van der Waals surface area (Å²) in [5.41, 5.74) is 0.845. The third kappa shape index (κ3) is 2.72. The van der Waals surface area contributed by atoms with E-state index in [0.717, 1.165) is 17.1 Å². The van der Waals surface area contributed by atoms with Crippen molar-refractivity contribution in [3.05, 3.63) is 35.6 Å². The van der Waals surface area contributed by atoms with Crippen LogP contribution in [-0.2, 0) is 4.79 Å². The number of halogens is 1. The van der Waals surface area contributed by atoms with Gasteiger partial charge in [0.1, 0.15) is 5.82 Å². The quantitative estimate of drug-likeness (QED) is 0.793. The van der Waals surface area contributed by atoms with Crippen LogP contribution in [0.25, 0.3) is 0 Å². The first-order chi connectivity index (χ1) is 7.25. The van der Waals surface area contributed by atoms with E-state index in [1.54, 1.807) is 17.8 Å². The van der Waals surface area contributed by atoms with E-state index in [-0.39, 0.29) is 17.8 Å². The zero-order chi connectivity index (χ0) is 10.7. The van der Waals surface area contributed by atoms with E-state index in [9.17, 15) is 9.18 Å². The highest BCUT2D eigenvalue weighted by molar-refractivity contribution is 7.99. The topological polar surface area (TPSA) is 29.1 Å². The lowest BCUT2D eigenvalue weighted by molar-refractivity contribution is -0.121. The summed E-state index contributed by atoms with van der Waals surface area (Å²) in [4.78, 5) is 11.3. The van der Waals surface area contributed by atoms with Gasteiger partial charge in [-0.3, -0.25) is 4.79 Å². The number of amides is 1. The maximum Gasteiger partial charge on any atom is 0.221 e. The predicted octanol–water partition coefficient (Wildman–Crippen LogP) is 2.12. The highest BCUT2D eigenvalue weighted by Crippen LogP contribution is 2.22. The van der Waals surface area contributed by atoms with Crippen molar-refractivity contribution >= 4 is 17.7 Å². The SMILES string of the molecule is O=C1CCSCC(c2cccc(F)c2)N1. The summed E-state index contributed by atoms with van der Waals surface area (Å²) in [6.45, 7) is 0. The molecule has 1 fully saturated rings. The van der Waals surface area contributed by atoms with Crippen molar-refractivity contribution in [2.75, 3.05) is 11.5 Å². The molecule has 80 valence electrons. The zero-order valence-corrected chi connectivity index (χ0v) is 9.02. The van der Waals surface area contributed by atoms with Crippen LogP contribution in [0.15, 0.2) is 24.3 Å². The Morgan fingerprint density at radius 1 is 1.47 bits per heavy atom. The van der Waals surface area contributed by atoms with Crippen molar-refractivity contribution < 1.29 is 9.18 Å². The summed E-state index contributed by atoms with van der Waals surface area (Å²) in [5.74, 6) is 1.46. The largest absolute Gasteiger partial charge is 0.348 e. The minimum Gasteiger partial charge on any atom is -0.348 e. The first kappa shape index (κ1) is 10.5. The fourth-order valence-corrected chi connectivity index (χ4v) is 2.58. The third-order valence-electron chi connectivity index (χ3n) is 2.34. The first-order valence-corrected chi connectivity index (χ1v) is 6.04. The van der Waals surface area contributed by atoms with Gasteiger partial charge in [0, 0.05) is 17.9 Å². The van der Waals surface area contributed by atoms with Crippen molar-refractivity contribution in [2.24, 2.45) is 0 Å². The van der Waals surface area contributed by atoms with Crippen molar-refractivity contribution in [1.82, 2.24) is 5.32 Å². The Bertz CT molecular complexity index is 369. The summed E-state index contributed by atoms with van der Waals surface area (Å²) in [7, 11) is 0. The third-order valence-corrected chi connectivity index (χ3v) is 3.41. The molecule has 1 aliphatic rings. The summed E-state index contributed by atoms with van der Waals surface area (Å²) < 4.78 is 13.0. The molecule has 0 spiro atoms. The van der Waals surface area contributed by atoms with E-state index in [2.05, 4.69) is 5.32 Å². The lowest BCUT2D eigenvalue weighted by Gasteiger charge is -2.15. The molecule has 1 amide bonds. The maximum absolute atomic E-state index is 13.0. The molecule has 2 nitrogen and oxygen atoms in total. The standard InChI is InChI=1S/C11H12FNOS/c12-9-3-1-2-8(6-9)10-7-15-5-4-11(14)13-10/h1-3,6,10H,4-5,7H2,(H,13,14). The minimum atomic E-state index is -0.254. The number of rotatable bonds is 1. The number of nitrogens with one attached hydrogen (secondary N) is 1. The van der Waals surface area contributed by atoms with Crippen molar-refractivity contribution in [3.8, 4) is 0 Å². The molecule has 1 saturated heterocycles. The number of carbonyl (C=O) groups is 1. The molecule has 1 N–H and O–H groups in total. The number of thioether (sulfide) groups is 1. The van der Waals surface area contributed by atoms with Crippen LogP contribution >= 0.6 is 11.8 Å². The van der Waals surface area contributed by atoms with Crippen LogP contribution in [0, 0.1) is 5.82 Å². The van der Waals surface area contributed by atoms with Gasteiger partial charge in [-0.2, -0.15) is 11.8 Å². The average Bonchev–Trinajstić information content (AvgIpc) is 2.43. The molecular weight excluding hydrogens is 213 g/mol. The van der Waals surface area contributed by atoms with Crippen LogP contribution in [0.3, 0.4) is 0 Å². The highest BCUT2D eigenvalue weighted by Gasteiger charge is 2.18. The summed E-state index contributed by atoms with van der Waals surface area (Å²) in [6.07, 6.45) is 0.552. The maximum atomic E-state index is 13.0. The van der Waals surface area contributed by atoms with E-state index in [1.165, 1.54) is 12.1 Å². The van der Waals surface area contributed by atoms with Crippen LogP contribution in [0.5, 0.6) is 0 Å². The lowest BCUT2D eigenvalue weighted by Crippen LogP contribution is -2.27. The summed E-state index contributed by atoms with van der Waals surface area (Å²) in [6, 6.07) is 6.36. The van der Waals surface area contributed by atoms with Crippen LogP contribution < -0.4 is 5.32 Å². The monoisotopic (exact) mass is 225 g/mol. The zero-order valence-electron chi connectivity index (χ0n) is 8.20. The first-order valence-electron chi connectivity index (χ1n) is 4.88. The smallest absolute Gasteiger partial charge is 0.221 e. The average molecular weight is 225 g/mol. The Morgan fingerprint density at radius 2 is 2.33 bits per heavy atom. The molecule has 1 aliphatic heterocycles. The molecule has 1 heterocycles.